The summed E-state index contributed by atoms with van der Waals surface area (Å²) in [5.74, 6) is 0.264. The van der Waals surface area contributed by atoms with E-state index < -0.39 is 0 Å². The van der Waals surface area contributed by atoms with E-state index in [0.717, 1.165) is 5.56 Å². The van der Waals surface area contributed by atoms with Crippen LogP contribution >= 0.6 is 0 Å². The van der Waals surface area contributed by atoms with Gasteiger partial charge < -0.3 is 16.8 Å². The molecular formula is C18H29N3O. The first-order valence-electron chi connectivity index (χ1n) is 8.44. The third-order valence-corrected chi connectivity index (χ3v) is 4.94. The Morgan fingerprint density at radius 1 is 1.23 bits per heavy atom. The Balaban J connectivity index is 1.94. The van der Waals surface area contributed by atoms with Gasteiger partial charge in [0.15, 0.2) is 0 Å². The number of carbonyl (C=O) groups excluding carboxylic acids is 1. The van der Waals surface area contributed by atoms with Crippen LogP contribution in [0.2, 0.25) is 0 Å². The van der Waals surface area contributed by atoms with Gasteiger partial charge in [-0.15, -0.1) is 0 Å². The molecule has 3 unspecified atom stereocenters. The summed E-state index contributed by atoms with van der Waals surface area (Å²) in [6.45, 7) is 2.39. The fourth-order valence-electron chi connectivity index (χ4n) is 3.35. The molecule has 4 nitrogen and oxygen atoms in total. The molecule has 0 radical (unpaired) electrons. The lowest BCUT2D eigenvalue weighted by molar-refractivity contribution is -0.126. The smallest absolute Gasteiger partial charge is 0.225 e. The molecule has 3 atom stereocenters. The van der Waals surface area contributed by atoms with E-state index in [0.29, 0.717) is 12.5 Å². The first-order chi connectivity index (χ1) is 10.6. The topological polar surface area (TPSA) is 81.1 Å². The van der Waals surface area contributed by atoms with Gasteiger partial charge in [0.25, 0.3) is 0 Å². The number of hydrogen-bond acceptors (Lipinski definition) is 3. The molecular weight excluding hydrogens is 274 g/mol. The van der Waals surface area contributed by atoms with Gasteiger partial charge in [-0.1, -0.05) is 56.5 Å². The van der Waals surface area contributed by atoms with E-state index >= 15 is 0 Å². The molecule has 122 valence electrons. The van der Waals surface area contributed by atoms with E-state index in [-0.39, 0.29) is 23.9 Å². The molecule has 1 aliphatic rings. The lowest BCUT2D eigenvalue weighted by Crippen LogP contribution is -2.48. The highest BCUT2D eigenvalue weighted by Crippen LogP contribution is 2.27. The van der Waals surface area contributed by atoms with Crippen molar-refractivity contribution in [3.8, 4) is 0 Å². The zero-order valence-corrected chi connectivity index (χ0v) is 13.5. The van der Waals surface area contributed by atoms with Crippen molar-refractivity contribution in [3.63, 3.8) is 0 Å². The minimum absolute atomic E-state index is 0.0115. The number of nitrogens with two attached hydrogens (primary N) is 2. The highest BCUT2D eigenvalue weighted by molar-refractivity contribution is 5.79. The third-order valence-electron chi connectivity index (χ3n) is 4.94. The van der Waals surface area contributed by atoms with Crippen molar-refractivity contribution in [1.82, 2.24) is 5.32 Å². The molecule has 0 heterocycles. The predicted molar refractivity (Wildman–Crippen MR) is 90.1 cm³/mol. The Morgan fingerprint density at radius 2 is 1.86 bits per heavy atom. The quantitative estimate of drug-likeness (QED) is 0.754. The molecule has 4 heteroatoms. The van der Waals surface area contributed by atoms with Crippen molar-refractivity contribution in [2.75, 3.05) is 6.54 Å². The Kier molecular flexibility index (Phi) is 6.40. The highest BCUT2D eigenvalue weighted by Gasteiger charge is 2.28. The Hall–Kier alpha value is -1.39. The van der Waals surface area contributed by atoms with Crippen LogP contribution in [0.4, 0.5) is 0 Å². The van der Waals surface area contributed by atoms with E-state index in [2.05, 4.69) is 5.32 Å². The fourth-order valence-corrected chi connectivity index (χ4v) is 3.35. The van der Waals surface area contributed by atoms with Crippen LogP contribution in [0.15, 0.2) is 30.3 Å². The zero-order chi connectivity index (χ0) is 15.9. The molecule has 1 aromatic rings. The summed E-state index contributed by atoms with van der Waals surface area (Å²) in [4.78, 5) is 12.5. The van der Waals surface area contributed by atoms with E-state index in [1.54, 1.807) is 0 Å². The summed E-state index contributed by atoms with van der Waals surface area (Å²) in [7, 11) is 0. The van der Waals surface area contributed by atoms with E-state index in [1.165, 1.54) is 32.1 Å². The van der Waals surface area contributed by atoms with Gasteiger partial charge in [-0.05, 0) is 24.3 Å². The normalized spacial score (nSPS) is 20.1. The van der Waals surface area contributed by atoms with Gasteiger partial charge in [-0.3, -0.25) is 4.79 Å². The van der Waals surface area contributed by atoms with Crippen LogP contribution in [0.3, 0.4) is 0 Å². The highest BCUT2D eigenvalue weighted by atomic mass is 16.2. The molecule has 0 bridgehead atoms. The standard InChI is InChI=1S/C18H29N3O/c1-13(17(20)15-10-6-3-7-11-15)18(22)21-16(12-19)14-8-4-2-5-9-14/h3,6-7,10-11,13-14,16-17H,2,4-5,8-9,12,19-20H2,1H3,(H,21,22). The largest absolute Gasteiger partial charge is 0.352 e. The number of hydrogen-bond donors (Lipinski definition) is 3. The van der Waals surface area contributed by atoms with Gasteiger partial charge in [0, 0.05) is 18.6 Å². The first kappa shape index (κ1) is 17.0. The molecule has 5 N–H and O–H groups in total. The molecule has 1 fully saturated rings. The second kappa shape index (κ2) is 8.30. The predicted octanol–water partition coefficient (Wildman–Crippen LogP) is 2.35. The number of carbonyl (C=O) groups is 1. The third kappa shape index (κ3) is 4.31. The summed E-state index contributed by atoms with van der Waals surface area (Å²) in [5.41, 5.74) is 13.1. The summed E-state index contributed by atoms with van der Waals surface area (Å²) in [6, 6.07) is 9.58. The average Bonchev–Trinajstić information content (AvgIpc) is 2.59. The Morgan fingerprint density at radius 3 is 2.45 bits per heavy atom. The van der Waals surface area contributed by atoms with Gasteiger partial charge in [0.2, 0.25) is 5.91 Å². The van der Waals surface area contributed by atoms with Crippen molar-refractivity contribution >= 4 is 5.91 Å². The van der Waals surface area contributed by atoms with Crippen molar-refractivity contribution in [3.05, 3.63) is 35.9 Å². The van der Waals surface area contributed by atoms with E-state index in [9.17, 15) is 4.79 Å². The molecule has 1 aliphatic carbocycles. The van der Waals surface area contributed by atoms with Crippen LogP contribution in [0.1, 0.15) is 50.6 Å². The Bertz CT molecular complexity index is 457. The van der Waals surface area contributed by atoms with Crippen LogP contribution in [-0.4, -0.2) is 18.5 Å². The van der Waals surface area contributed by atoms with Crippen LogP contribution in [-0.2, 0) is 4.79 Å². The maximum Gasteiger partial charge on any atom is 0.225 e. The average molecular weight is 303 g/mol. The molecule has 2 rings (SSSR count). The van der Waals surface area contributed by atoms with Crippen LogP contribution in [0.5, 0.6) is 0 Å². The zero-order valence-electron chi connectivity index (χ0n) is 13.5. The second-order valence-corrected chi connectivity index (χ2v) is 6.47. The lowest BCUT2D eigenvalue weighted by Gasteiger charge is -2.31. The van der Waals surface area contributed by atoms with Gasteiger partial charge >= 0.3 is 0 Å². The van der Waals surface area contributed by atoms with Gasteiger partial charge in [-0.2, -0.15) is 0 Å². The summed E-state index contributed by atoms with van der Waals surface area (Å²) >= 11 is 0. The number of rotatable bonds is 6. The number of nitrogens with one attached hydrogen (secondary N) is 1. The minimum atomic E-state index is -0.286. The monoisotopic (exact) mass is 303 g/mol. The van der Waals surface area contributed by atoms with Crippen molar-refractivity contribution in [2.24, 2.45) is 23.3 Å². The number of amides is 1. The molecule has 1 aromatic carbocycles. The van der Waals surface area contributed by atoms with Crippen LogP contribution < -0.4 is 16.8 Å². The van der Waals surface area contributed by atoms with Crippen molar-refractivity contribution < 1.29 is 4.79 Å². The van der Waals surface area contributed by atoms with Crippen LogP contribution in [0, 0.1) is 11.8 Å². The summed E-state index contributed by atoms with van der Waals surface area (Å²) in [6.07, 6.45) is 6.13. The van der Waals surface area contributed by atoms with Gasteiger partial charge in [0.1, 0.15) is 0 Å². The molecule has 1 saturated carbocycles. The molecule has 0 saturated heterocycles. The van der Waals surface area contributed by atoms with Crippen molar-refractivity contribution in [2.45, 2.75) is 51.1 Å². The summed E-state index contributed by atoms with van der Waals surface area (Å²) in [5, 5.41) is 3.14. The molecule has 0 aromatic heterocycles. The second-order valence-electron chi connectivity index (χ2n) is 6.47. The van der Waals surface area contributed by atoms with Crippen LogP contribution in [0.25, 0.3) is 0 Å². The SMILES string of the molecule is CC(C(=O)NC(CN)C1CCCCC1)C(N)c1ccccc1. The molecule has 22 heavy (non-hydrogen) atoms. The lowest BCUT2D eigenvalue weighted by atomic mass is 9.83. The first-order valence-corrected chi connectivity index (χ1v) is 8.44. The molecule has 1 amide bonds. The summed E-state index contributed by atoms with van der Waals surface area (Å²) < 4.78 is 0. The van der Waals surface area contributed by atoms with Crippen molar-refractivity contribution in [1.29, 1.82) is 0 Å². The number of benzene rings is 1. The fraction of sp³-hybridized carbons (Fsp3) is 0.611. The maximum absolute atomic E-state index is 12.5. The molecule has 0 spiro atoms. The van der Waals surface area contributed by atoms with Gasteiger partial charge in [0.05, 0.1) is 5.92 Å². The molecule has 0 aliphatic heterocycles. The van der Waals surface area contributed by atoms with E-state index in [4.69, 9.17) is 11.5 Å². The minimum Gasteiger partial charge on any atom is -0.352 e. The maximum atomic E-state index is 12.5. The Labute approximate surface area is 133 Å². The van der Waals surface area contributed by atoms with E-state index in [1.807, 2.05) is 37.3 Å². The van der Waals surface area contributed by atoms with Gasteiger partial charge in [-0.25, -0.2) is 0 Å².